The third-order valence-corrected chi connectivity index (χ3v) is 12.0. The molecule has 1 amide bonds. The van der Waals surface area contributed by atoms with Crippen LogP contribution in [0.3, 0.4) is 0 Å². The number of rotatable bonds is 12. The zero-order chi connectivity index (χ0) is 38.7. The molecule has 1 atom stereocenters. The van der Waals surface area contributed by atoms with Gasteiger partial charge in [0.15, 0.2) is 17.3 Å². The summed E-state index contributed by atoms with van der Waals surface area (Å²) in [6, 6.07) is 23.3. The molecule has 55 heavy (non-hydrogen) atoms. The van der Waals surface area contributed by atoms with Crippen molar-refractivity contribution in [2.45, 2.75) is 44.1 Å². The Bertz CT molecular complexity index is 2160. The van der Waals surface area contributed by atoms with Gasteiger partial charge in [-0.25, -0.2) is 9.37 Å². The number of carbonyl (C=O) groups is 2. The fourth-order valence-corrected chi connectivity index (χ4v) is 8.57. The number of benzene rings is 4. The highest BCUT2D eigenvalue weighted by atomic mass is 35.5. The van der Waals surface area contributed by atoms with Crippen LogP contribution in [0.2, 0.25) is 10.0 Å². The van der Waals surface area contributed by atoms with Crippen LogP contribution < -0.4 is 14.2 Å². The summed E-state index contributed by atoms with van der Waals surface area (Å²) in [5.74, 6) is 1.18. The first-order valence-electron chi connectivity index (χ1n) is 18.6. The molecular weight excluding hydrogens is 742 g/mol. The van der Waals surface area contributed by atoms with E-state index >= 15 is 0 Å². The molecule has 0 radical (unpaired) electrons. The summed E-state index contributed by atoms with van der Waals surface area (Å²) in [5.41, 5.74) is 3.68. The molecule has 0 bridgehead atoms. The molecule has 1 unspecified atom stereocenters. The van der Waals surface area contributed by atoms with Crippen LogP contribution in [-0.2, 0) is 12.0 Å². The van der Waals surface area contributed by atoms with E-state index in [0.29, 0.717) is 71.2 Å². The summed E-state index contributed by atoms with van der Waals surface area (Å²) in [6.45, 7) is 3.85. The number of imidazole rings is 1. The lowest BCUT2D eigenvalue weighted by Crippen LogP contribution is -2.50. The largest absolute Gasteiger partial charge is 0.493 e. The predicted molar refractivity (Wildman–Crippen MR) is 213 cm³/mol. The summed E-state index contributed by atoms with van der Waals surface area (Å²) in [4.78, 5) is 37.4. The van der Waals surface area contributed by atoms with Gasteiger partial charge in [-0.1, -0.05) is 53.5 Å². The van der Waals surface area contributed by atoms with Crippen LogP contribution in [0.1, 0.15) is 64.2 Å². The lowest BCUT2D eigenvalue weighted by Gasteiger charge is -2.45. The van der Waals surface area contributed by atoms with Crippen molar-refractivity contribution < 1.29 is 28.2 Å². The molecule has 7 rings (SSSR count). The first-order chi connectivity index (χ1) is 26.6. The molecule has 12 heteroatoms. The molecule has 1 aromatic heterocycles. The van der Waals surface area contributed by atoms with Crippen molar-refractivity contribution in [2.24, 2.45) is 5.92 Å². The predicted octanol–water partition coefficient (Wildman–Crippen LogP) is 8.72. The van der Waals surface area contributed by atoms with Gasteiger partial charge < -0.3 is 28.6 Å². The molecule has 2 aliphatic heterocycles. The van der Waals surface area contributed by atoms with Gasteiger partial charge in [0.25, 0.3) is 5.91 Å². The fraction of sp³-hybridized carbons (Fsp3) is 0.372. The monoisotopic (exact) mass is 786 g/mol. The number of para-hydroxylation sites is 2. The minimum absolute atomic E-state index is 0.0402. The van der Waals surface area contributed by atoms with Gasteiger partial charge in [-0.15, -0.1) is 0 Å². The van der Waals surface area contributed by atoms with Crippen molar-refractivity contribution in [1.29, 1.82) is 0 Å². The summed E-state index contributed by atoms with van der Waals surface area (Å²) >= 11 is 13.0. The molecule has 5 aromatic rings. The number of carbonyl (C=O) groups excluding carboxylic acids is 2. The molecule has 9 nitrogen and oxygen atoms in total. The molecule has 2 fully saturated rings. The normalized spacial score (nSPS) is 18.0. The highest BCUT2D eigenvalue weighted by Gasteiger charge is 2.40. The van der Waals surface area contributed by atoms with Crippen LogP contribution in [0.15, 0.2) is 78.9 Å². The van der Waals surface area contributed by atoms with Crippen molar-refractivity contribution in [3.05, 3.63) is 117 Å². The van der Waals surface area contributed by atoms with Gasteiger partial charge in [-0.05, 0) is 111 Å². The number of hydrogen-bond donors (Lipinski definition) is 0. The summed E-state index contributed by atoms with van der Waals surface area (Å²) in [6.07, 6.45) is 3.90. The van der Waals surface area contributed by atoms with E-state index in [1.807, 2.05) is 51.9 Å². The number of ketones is 1. The van der Waals surface area contributed by atoms with Crippen molar-refractivity contribution in [3.63, 3.8) is 0 Å². The minimum Gasteiger partial charge on any atom is -0.493 e. The smallest absolute Gasteiger partial charge is 0.254 e. The van der Waals surface area contributed by atoms with Crippen LogP contribution in [0.4, 0.5) is 4.39 Å². The number of amides is 1. The highest BCUT2D eigenvalue weighted by Crippen LogP contribution is 2.42. The Labute approximate surface area is 330 Å². The first-order valence-corrected chi connectivity index (χ1v) is 19.4. The Morgan fingerprint density at radius 3 is 2.25 bits per heavy atom. The number of ether oxygens (including phenoxy) is 3. The quantitative estimate of drug-likeness (QED) is 0.117. The molecule has 3 heterocycles. The topological polar surface area (TPSA) is 86.1 Å². The van der Waals surface area contributed by atoms with E-state index in [4.69, 9.17) is 42.4 Å². The standard InChI is InChI=1S/C43H45Cl2FN4O5/c1-53-37-23-30(24-38(54-2)40(37)55-3)42(52)49-19-6-17-43(27-49,31-11-14-33(44)34(45)25-31)18-22-48-20-15-29(16-21-48)39(51)41-47-35-7-4-5-8-36(35)50(41)26-28-9-12-32(46)13-10-28/h4-5,7-14,23-25,29H,6,15-22,26-27H2,1-3H3. The summed E-state index contributed by atoms with van der Waals surface area (Å²) in [7, 11) is 4.61. The van der Waals surface area contributed by atoms with Crippen molar-refractivity contribution in [2.75, 3.05) is 54.1 Å². The Hall–Kier alpha value is -4.64. The zero-order valence-corrected chi connectivity index (χ0v) is 32.8. The lowest BCUT2D eigenvalue weighted by molar-refractivity contribution is 0.0600. The van der Waals surface area contributed by atoms with Crippen LogP contribution in [-0.4, -0.2) is 85.1 Å². The first kappa shape index (κ1) is 38.6. The van der Waals surface area contributed by atoms with Crippen molar-refractivity contribution in [3.8, 4) is 17.2 Å². The van der Waals surface area contributed by atoms with Gasteiger partial charge in [-0.3, -0.25) is 9.59 Å². The second-order valence-electron chi connectivity index (χ2n) is 14.5. The molecule has 4 aromatic carbocycles. The maximum atomic E-state index is 14.2. The molecule has 0 N–H and O–H groups in total. The van der Waals surface area contributed by atoms with Crippen molar-refractivity contribution in [1.82, 2.24) is 19.4 Å². The number of nitrogens with zero attached hydrogens (tertiary/aromatic N) is 4. The van der Waals surface area contributed by atoms with E-state index < -0.39 is 0 Å². The fourth-order valence-electron chi connectivity index (χ4n) is 8.27. The van der Waals surface area contributed by atoms with E-state index in [1.165, 1.54) is 33.5 Å². The van der Waals surface area contributed by atoms with Gasteiger partial charge in [0.2, 0.25) is 11.5 Å². The average molecular weight is 788 g/mol. The van der Waals surface area contributed by atoms with Gasteiger partial charge in [0.05, 0.1) is 42.4 Å². The molecule has 2 saturated heterocycles. The maximum Gasteiger partial charge on any atom is 0.254 e. The van der Waals surface area contributed by atoms with Gasteiger partial charge in [-0.2, -0.15) is 0 Å². The van der Waals surface area contributed by atoms with Crippen LogP contribution in [0.25, 0.3) is 11.0 Å². The molecule has 2 aliphatic rings. The number of likely N-dealkylation sites (tertiary alicyclic amines) is 2. The number of hydrogen-bond acceptors (Lipinski definition) is 7. The second kappa shape index (κ2) is 16.6. The Morgan fingerprint density at radius 1 is 0.873 bits per heavy atom. The zero-order valence-electron chi connectivity index (χ0n) is 31.3. The lowest BCUT2D eigenvalue weighted by atomic mass is 9.71. The second-order valence-corrected chi connectivity index (χ2v) is 15.3. The molecule has 0 aliphatic carbocycles. The Morgan fingerprint density at radius 2 is 1.58 bits per heavy atom. The number of Topliss-reactive ketones (excluding diaryl/α,β-unsaturated/α-hetero) is 1. The molecule has 288 valence electrons. The van der Waals surface area contributed by atoms with Crippen LogP contribution >= 0.6 is 23.2 Å². The molecular formula is C43H45Cl2FN4O5. The Balaban J connectivity index is 1.07. The number of aromatic nitrogens is 2. The van der Waals surface area contributed by atoms with Crippen LogP contribution in [0.5, 0.6) is 17.2 Å². The molecule has 0 spiro atoms. The SMILES string of the molecule is COc1cc(C(=O)N2CCCC(CCN3CCC(C(=O)c4nc5ccccc5n4Cc4ccc(F)cc4)CC3)(c3ccc(Cl)c(Cl)c3)C2)cc(OC)c1OC. The number of methoxy groups -OCH3 is 3. The number of halogens is 3. The maximum absolute atomic E-state index is 14.2. The van der Waals surface area contributed by atoms with E-state index in [2.05, 4.69) is 4.90 Å². The number of piperidine rings is 2. The highest BCUT2D eigenvalue weighted by molar-refractivity contribution is 6.42. The summed E-state index contributed by atoms with van der Waals surface area (Å²) in [5, 5.41) is 0.969. The van der Waals surface area contributed by atoms with Gasteiger partial charge in [0, 0.05) is 36.5 Å². The molecule has 0 saturated carbocycles. The van der Waals surface area contributed by atoms with E-state index in [-0.39, 0.29) is 28.8 Å². The van der Waals surface area contributed by atoms with Crippen LogP contribution in [0, 0.1) is 11.7 Å². The van der Waals surface area contributed by atoms with E-state index in [0.717, 1.165) is 61.1 Å². The van der Waals surface area contributed by atoms with Gasteiger partial charge in [0.1, 0.15) is 5.82 Å². The van der Waals surface area contributed by atoms with Gasteiger partial charge >= 0.3 is 0 Å². The van der Waals surface area contributed by atoms with E-state index in [9.17, 15) is 14.0 Å². The third kappa shape index (κ3) is 8.04. The minimum atomic E-state index is -0.374. The summed E-state index contributed by atoms with van der Waals surface area (Å²) < 4.78 is 32.2. The Kier molecular flexibility index (Phi) is 11.7. The van der Waals surface area contributed by atoms with Crippen molar-refractivity contribution >= 4 is 45.9 Å². The van der Waals surface area contributed by atoms with E-state index in [1.54, 1.807) is 24.3 Å². The number of fused-ring (bicyclic) bond motifs is 1. The average Bonchev–Trinajstić information content (AvgIpc) is 3.58. The third-order valence-electron chi connectivity index (χ3n) is 11.3.